The van der Waals surface area contributed by atoms with Gasteiger partial charge in [0.2, 0.25) is 5.69 Å². The van der Waals surface area contributed by atoms with Crippen LogP contribution in [0.25, 0.3) is 0 Å². The maximum Gasteiger partial charge on any atom is 0.305 e. The van der Waals surface area contributed by atoms with Crippen LogP contribution in [0.15, 0.2) is 92.4 Å². The molecular weight excluding hydrogens is 888 g/mol. The standard InChI is InChI=1S/C50H67ClN2O10S2/c1-7-9-32-62-46(54)20-13-11-15-30-52-42-26-24-38(64(56,57)58)34-40(42)49(3,4)44(52)28-22-36-18-17-19-37(48(36)51)23-29-45-50(5,6)41-35-39(65(59,60)61)25-27-43(41)53(45)31-16-12-14-21-47(55)63-33-10-8-2/h22-29,34-35H,7-21,30-33H2,1-6H3,(H-,56,57,58,59,60,61)/p+1. The van der Waals surface area contributed by atoms with Crippen LogP contribution >= 0.6 is 11.6 Å². The third-order valence-electron chi connectivity index (χ3n) is 12.7. The van der Waals surface area contributed by atoms with Crippen molar-refractivity contribution in [3.63, 3.8) is 0 Å². The average molecular weight is 957 g/mol. The molecule has 0 bridgehead atoms. The normalized spacial score (nSPS) is 18.3. The predicted octanol–water partition coefficient (Wildman–Crippen LogP) is 11.2. The summed E-state index contributed by atoms with van der Waals surface area (Å²) in [5, 5.41) is 0.642. The molecule has 0 aromatic heterocycles. The van der Waals surface area contributed by atoms with Gasteiger partial charge in [0.05, 0.1) is 28.4 Å². The molecule has 12 nitrogen and oxygen atoms in total. The van der Waals surface area contributed by atoms with Gasteiger partial charge in [-0.05, 0) is 125 Å². The SMILES string of the molecule is CCCCOC(=O)CCCCCN1/C(=C/C=C2\CCCC(/C=C/C3=[N+](CCCCCC(=O)OCCCC)c4ccc(S(=O)(=O)O)cc4C3(C)C)=C2Cl)C(C)(C)c2cc(S(=O)(=O)O)ccc21. The fourth-order valence-corrected chi connectivity index (χ4v) is 10.2. The fraction of sp³-hybridized carbons (Fsp3) is 0.540. The zero-order valence-electron chi connectivity index (χ0n) is 39.0. The summed E-state index contributed by atoms with van der Waals surface area (Å²) in [5.41, 5.74) is 5.84. The van der Waals surface area contributed by atoms with Crippen LogP contribution in [0.3, 0.4) is 0 Å². The number of ether oxygens (including phenoxy) is 2. The number of esters is 2. The Hall–Kier alpha value is -4.08. The van der Waals surface area contributed by atoms with Crippen LogP contribution in [-0.2, 0) is 50.1 Å². The highest BCUT2D eigenvalue weighted by Crippen LogP contribution is 2.49. The number of anilines is 1. The van der Waals surface area contributed by atoms with E-state index in [0.717, 1.165) is 116 Å². The molecule has 0 amide bonds. The Morgan fingerprint density at radius 2 is 1.32 bits per heavy atom. The number of hydrogen-bond acceptors (Lipinski definition) is 9. The summed E-state index contributed by atoms with van der Waals surface area (Å²) >= 11 is 7.25. The molecule has 2 aromatic carbocycles. The zero-order chi connectivity index (χ0) is 47.6. The Morgan fingerprint density at radius 3 is 1.92 bits per heavy atom. The van der Waals surface area contributed by atoms with E-state index < -0.39 is 31.1 Å². The first-order valence-electron chi connectivity index (χ1n) is 23.2. The summed E-state index contributed by atoms with van der Waals surface area (Å²) in [6.07, 6.45) is 19.5. The van der Waals surface area contributed by atoms with E-state index in [9.17, 15) is 35.5 Å². The molecule has 2 N–H and O–H groups in total. The van der Waals surface area contributed by atoms with Crippen LogP contribution in [0.4, 0.5) is 11.4 Å². The van der Waals surface area contributed by atoms with E-state index in [1.165, 1.54) is 12.1 Å². The van der Waals surface area contributed by atoms with Gasteiger partial charge in [-0.2, -0.15) is 21.4 Å². The summed E-state index contributed by atoms with van der Waals surface area (Å²) in [6, 6.07) is 9.44. The fourth-order valence-electron chi connectivity index (χ4n) is 8.92. The number of allylic oxidation sites excluding steroid dienone is 8. The minimum absolute atomic E-state index is 0.163. The van der Waals surface area contributed by atoms with Crippen LogP contribution in [0.1, 0.15) is 149 Å². The first-order chi connectivity index (χ1) is 30.7. The highest BCUT2D eigenvalue weighted by molar-refractivity contribution is 7.86. The third kappa shape index (κ3) is 13.1. The number of hydrogen-bond donors (Lipinski definition) is 2. The molecule has 0 atom stereocenters. The Morgan fingerprint density at radius 1 is 0.738 bits per heavy atom. The summed E-state index contributed by atoms with van der Waals surface area (Å²) in [7, 11) is -8.86. The van der Waals surface area contributed by atoms with Crippen LogP contribution in [-0.4, -0.2) is 74.5 Å². The van der Waals surface area contributed by atoms with E-state index in [-0.39, 0.29) is 21.7 Å². The highest BCUT2D eigenvalue weighted by atomic mass is 35.5. The molecule has 15 heteroatoms. The maximum absolute atomic E-state index is 12.2. The molecule has 2 heterocycles. The second-order valence-electron chi connectivity index (χ2n) is 18.3. The third-order valence-corrected chi connectivity index (χ3v) is 14.9. The first-order valence-corrected chi connectivity index (χ1v) is 26.4. The lowest BCUT2D eigenvalue weighted by Gasteiger charge is -2.27. The average Bonchev–Trinajstić information content (AvgIpc) is 3.59. The molecule has 0 fully saturated rings. The van der Waals surface area contributed by atoms with Gasteiger partial charge in [0.15, 0.2) is 5.71 Å². The Labute approximate surface area is 392 Å². The van der Waals surface area contributed by atoms with Gasteiger partial charge in [-0.1, -0.05) is 70.7 Å². The number of carbonyl (C=O) groups excluding carboxylic acids is 2. The van der Waals surface area contributed by atoms with Crippen molar-refractivity contribution in [2.45, 2.75) is 158 Å². The lowest BCUT2D eigenvalue weighted by atomic mass is 9.81. The first kappa shape index (κ1) is 51.9. The smallest absolute Gasteiger partial charge is 0.305 e. The molecule has 1 aliphatic carbocycles. The summed E-state index contributed by atoms with van der Waals surface area (Å²) in [4.78, 5) is 26.3. The van der Waals surface area contributed by atoms with Gasteiger partial charge in [0, 0.05) is 65.3 Å². The molecule has 0 saturated heterocycles. The van der Waals surface area contributed by atoms with Gasteiger partial charge in [0.1, 0.15) is 6.54 Å². The topological polar surface area (TPSA) is 168 Å². The molecule has 65 heavy (non-hydrogen) atoms. The molecule has 356 valence electrons. The van der Waals surface area contributed by atoms with E-state index >= 15 is 0 Å². The summed E-state index contributed by atoms with van der Waals surface area (Å²) in [6.45, 7) is 14.4. The van der Waals surface area contributed by atoms with Gasteiger partial charge in [-0.25, -0.2) is 0 Å². The molecular formula is C50H68ClN2O10S2+. The highest BCUT2D eigenvalue weighted by Gasteiger charge is 2.45. The minimum atomic E-state index is -4.43. The van der Waals surface area contributed by atoms with E-state index in [2.05, 4.69) is 35.5 Å². The van der Waals surface area contributed by atoms with Crippen molar-refractivity contribution >= 4 is 60.9 Å². The number of fused-ring (bicyclic) bond motifs is 2. The van der Waals surface area contributed by atoms with Gasteiger partial charge in [0.25, 0.3) is 20.2 Å². The lowest BCUT2D eigenvalue weighted by Crippen LogP contribution is -2.28. The van der Waals surface area contributed by atoms with Gasteiger partial charge >= 0.3 is 11.9 Å². The number of rotatable bonds is 23. The van der Waals surface area contributed by atoms with Gasteiger partial charge in [-0.3, -0.25) is 18.7 Å². The van der Waals surface area contributed by atoms with Crippen LogP contribution in [0.2, 0.25) is 0 Å². The van der Waals surface area contributed by atoms with Crippen molar-refractivity contribution in [3.8, 4) is 0 Å². The number of nitrogens with zero attached hydrogens (tertiary/aromatic N) is 2. The summed E-state index contributed by atoms with van der Waals surface area (Å²) < 4.78 is 81.6. The van der Waals surface area contributed by atoms with Crippen molar-refractivity contribution in [2.24, 2.45) is 0 Å². The zero-order valence-corrected chi connectivity index (χ0v) is 41.3. The summed E-state index contributed by atoms with van der Waals surface area (Å²) in [5.74, 6) is -0.371. The monoisotopic (exact) mass is 955 g/mol. The Bertz CT molecular complexity index is 2460. The lowest BCUT2D eigenvalue weighted by molar-refractivity contribution is -0.438. The molecule has 3 aliphatic rings. The van der Waals surface area contributed by atoms with Crippen LogP contribution < -0.4 is 4.90 Å². The molecule has 5 rings (SSSR count). The molecule has 0 unspecified atom stereocenters. The predicted molar refractivity (Wildman–Crippen MR) is 256 cm³/mol. The van der Waals surface area contributed by atoms with E-state index in [1.54, 1.807) is 24.3 Å². The van der Waals surface area contributed by atoms with Gasteiger partial charge in [-0.15, -0.1) is 0 Å². The van der Waals surface area contributed by atoms with Crippen molar-refractivity contribution in [3.05, 3.63) is 93.7 Å². The van der Waals surface area contributed by atoms with E-state index in [0.29, 0.717) is 57.0 Å². The van der Waals surface area contributed by atoms with E-state index in [1.807, 2.05) is 39.8 Å². The quantitative estimate of drug-likeness (QED) is 0.0471. The minimum Gasteiger partial charge on any atom is -0.466 e. The van der Waals surface area contributed by atoms with Crippen molar-refractivity contribution in [1.82, 2.24) is 0 Å². The van der Waals surface area contributed by atoms with Crippen LogP contribution in [0, 0.1) is 0 Å². The second-order valence-corrected chi connectivity index (χ2v) is 21.5. The number of carbonyl (C=O) groups is 2. The van der Waals surface area contributed by atoms with E-state index in [4.69, 9.17) is 21.1 Å². The number of unbranched alkanes of at least 4 members (excludes halogenated alkanes) is 6. The maximum atomic E-state index is 12.2. The molecule has 2 aliphatic heterocycles. The molecule has 2 aromatic rings. The Balaban J connectivity index is 1.42. The molecule has 0 radical (unpaired) electrons. The van der Waals surface area contributed by atoms with Crippen molar-refractivity contribution in [1.29, 1.82) is 0 Å². The number of benzene rings is 2. The Kier molecular flexibility index (Phi) is 18.1. The second kappa shape index (κ2) is 22.6. The number of halogens is 1. The van der Waals surface area contributed by atoms with Gasteiger partial charge < -0.3 is 14.4 Å². The molecule has 0 saturated carbocycles. The van der Waals surface area contributed by atoms with Crippen molar-refractivity contribution in [2.75, 3.05) is 31.2 Å². The van der Waals surface area contributed by atoms with Crippen molar-refractivity contribution < 1.29 is 49.6 Å². The molecule has 0 spiro atoms. The van der Waals surface area contributed by atoms with Crippen LogP contribution in [0.5, 0.6) is 0 Å². The largest absolute Gasteiger partial charge is 0.466 e.